The van der Waals surface area contributed by atoms with Gasteiger partial charge >= 0.3 is 0 Å². The third-order valence-corrected chi connectivity index (χ3v) is 3.27. The van der Waals surface area contributed by atoms with Gasteiger partial charge in [0.2, 0.25) is 0 Å². The van der Waals surface area contributed by atoms with E-state index < -0.39 is 0 Å². The largest absolute Gasteiger partial charge is 0.507 e. The van der Waals surface area contributed by atoms with Gasteiger partial charge in [0.25, 0.3) is 5.91 Å². The maximum absolute atomic E-state index is 11.9. The van der Waals surface area contributed by atoms with Crippen LogP contribution >= 0.6 is 27.5 Å². The van der Waals surface area contributed by atoms with E-state index in [1.807, 2.05) is 24.3 Å². The van der Waals surface area contributed by atoms with E-state index in [9.17, 15) is 9.90 Å². The van der Waals surface area contributed by atoms with Crippen LogP contribution in [0.5, 0.6) is 5.75 Å². The Hall–Kier alpha value is -1.52. The molecule has 0 aliphatic rings. The number of phenolic OH excluding ortho intramolecular Hbond substituents is 1. The molecule has 2 aromatic carbocycles. The summed E-state index contributed by atoms with van der Waals surface area (Å²) in [4.78, 5) is 11.9. The van der Waals surface area contributed by atoms with Crippen LogP contribution in [0.25, 0.3) is 0 Å². The van der Waals surface area contributed by atoms with Gasteiger partial charge in [-0.05, 0) is 35.9 Å². The average Bonchev–Trinajstić information content (AvgIpc) is 2.36. The van der Waals surface area contributed by atoms with Crippen molar-refractivity contribution < 1.29 is 9.90 Å². The number of hydrogen-bond acceptors (Lipinski definition) is 2. The Bertz CT molecular complexity index is 616. The lowest BCUT2D eigenvalue weighted by Gasteiger charge is -2.07. The van der Waals surface area contributed by atoms with Gasteiger partial charge in [0.15, 0.2) is 0 Å². The van der Waals surface area contributed by atoms with Gasteiger partial charge < -0.3 is 10.4 Å². The van der Waals surface area contributed by atoms with E-state index in [-0.39, 0.29) is 17.2 Å². The summed E-state index contributed by atoms with van der Waals surface area (Å²) in [5, 5.41) is 12.8. The summed E-state index contributed by atoms with van der Waals surface area (Å²) >= 11 is 9.08. The molecule has 0 aliphatic heterocycles. The van der Waals surface area contributed by atoms with E-state index in [0.29, 0.717) is 11.6 Å². The predicted molar refractivity (Wildman–Crippen MR) is 78.4 cm³/mol. The number of phenols is 1. The molecule has 19 heavy (non-hydrogen) atoms. The van der Waals surface area contributed by atoms with Crippen molar-refractivity contribution in [1.82, 2.24) is 5.32 Å². The summed E-state index contributed by atoms with van der Waals surface area (Å²) in [7, 11) is 0. The van der Waals surface area contributed by atoms with Gasteiger partial charge in [0.1, 0.15) is 5.75 Å². The molecule has 2 rings (SSSR count). The number of benzene rings is 2. The SMILES string of the molecule is O=C(NCc1cccc(Br)c1)c1ccc(Cl)cc1O. The Morgan fingerprint density at radius 3 is 2.74 bits per heavy atom. The molecule has 2 N–H and O–H groups in total. The van der Waals surface area contributed by atoms with Crippen LogP contribution in [0.1, 0.15) is 15.9 Å². The summed E-state index contributed by atoms with van der Waals surface area (Å²) in [6, 6.07) is 12.0. The smallest absolute Gasteiger partial charge is 0.255 e. The minimum atomic E-state index is -0.339. The van der Waals surface area contributed by atoms with Gasteiger partial charge in [-0.2, -0.15) is 0 Å². The van der Waals surface area contributed by atoms with Crippen molar-refractivity contribution in [2.24, 2.45) is 0 Å². The Morgan fingerprint density at radius 1 is 1.26 bits per heavy atom. The van der Waals surface area contributed by atoms with Gasteiger partial charge in [-0.15, -0.1) is 0 Å². The maximum Gasteiger partial charge on any atom is 0.255 e. The highest BCUT2D eigenvalue weighted by atomic mass is 79.9. The lowest BCUT2D eigenvalue weighted by molar-refractivity contribution is 0.0948. The Morgan fingerprint density at radius 2 is 2.05 bits per heavy atom. The molecule has 98 valence electrons. The standard InChI is InChI=1S/C14H11BrClNO2/c15-10-3-1-2-9(6-10)8-17-14(19)12-5-4-11(16)7-13(12)18/h1-7,18H,8H2,(H,17,19). The fourth-order valence-corrected chi connectivity index (χ4v) is 2.23. The second-order valence-electron chi connectivity index (χ2n) is 3.97. The molecule has 0 heterocycles. The number of rotatable bonds is 3. The second kappa shape index (κ2) is 6.08. The molecule has 0 fully saturated rings. The number of halogens is 2. The molecule has 0 unspecified atom stereocenters. The zero-order valence-electron chi connectivity index (χ0n) is 9.86. The van der Waals surface area contributed by atoms with Crippen LogP contribution < -0.4 is 5.32 Å². The van der Waals surface area contributed by atoms with Gasteiger partial charge in [-0.1, -0.05) is 39.7 Å². The highest BCUT2D eigenvalue weighted by Gasteiger charge is 2.10. The monoisotopic (exact) mass is 339 g/mol. The number of aromatic hydroxyl groups is 1. The average molecular weight is 341 g/mol. The first-order chi connectivity index (χ1) is 9.06. The van der Waals surface area contributed by atoms with Crippen LogP contribution in [0, 0.1) is 0 Å². The fourth-order valence-electron chi connectivity index (χ4n) is 1.62. The molecule has 5 heteroatoms. The summed E-state index contributed by atoms with van der Waals surface area (Å²) in [5.74, 6) is -0.464. The molecule has 2 aromatic rings. The van der Waals surface area contributed by atoms with E-state index in [2.05, 4.69) is 21.2 Å². The third-order valence-electron chi connectivity index (χ3n) is 2.55. The number of nitrogens with one attached hydrogen (secondary N) is 1. The number of amides is 1. The molecule has 0 aliphatic carbocycles. The van der Waals surface area contributed by atoms with Crippen molar-refractivity contribution in [3.05, 3.63) is 63.1 Å². The zero-order chi connectivity index (χ0) is 13.8. The summed E-state index contributed by atoms with van der Waals surface area (Å²) < 4.78 is 0.952. The van der Waals surface area contributed by atoms with Gasteiger partial charge in [0.05, 0.1) is 5.56 Å². The Kier molecular flexibility index (Phi) is 4.45. The van der Waals surface area contributed by atoms with Crippen LogP contribution in [-0.4, -0.2) is 11.0 Å². The van der Waals surface area contributed by atoms with Gasteiger partial charge in [-0.25, -0.2) is 0 Å². The second-order valence-corrected chi connectivity index (χ2v) is 5.33. The molecule has 0 atom stereocenters. The minimum Gasteiger partial charge on any atom is -0.507 e. The number of hydrogen-bond donors (Lipinski definition) is 2. The van der Waals surface area contributed by atoms with Crippen molar-refractivity contribution in [3.63, 3.8) is 0 Å². The van der Waals surface area contributed by atoms with Crippen LogP contribution in [0.3, 0.4) is 0 Å². The molecule has 3 nitrogen and oxygen atoms in total. The first-order valence-electron chi connectivity index (χ1n) is 5.57. The predicted octanol–water partition coefficient (Wildman–Crippen LogP) is 3.74. The zero-order valence-corrected chi connectivity index (χ0v) is 12.2. The molecule has 0 saturated carbocycles. The Balaban J connectivity index is 2.05. The van der Waals surface area contributed by atoms with Gasteiger partial charge in [-0.3, -0.25) is 4.79 Å². The summed E-state index contributed by atoms with van der Waals surface area (Å²) in [6.45, 7) is 0.389. The summed E-state index contributed by atoms with van der Waals surface area (Å²) in [6.07, 6.45) is 0. The first-order valence-corrected chi connectivity index (χ1v) is 6.74. The normalized spacial score (nSPS) is 10.2. The van der Waals surface area contributed by atoms with E-state index >= 15 is 0 Å². The molecule has 1 amide bonds. The topological polar surface area (TPSA) is 49.3 Å². The van der Waals surface area contributed by atoms with Crippen LogP contribution in [0.4, 0.5) is 0 Å². The van der Waals surface area contributed by atoms with E-state index in [0.717, 1.165) is 10.0 Å². The fraction of sp³-hybridized carbons (Fsp3) is 0.0714. The van der Waals surface area contributed by atoms with Crippen LogP contribution in [0.15, 0.2) is 46.9 Å². The lowest BCUT2D eigenvalue weighted by Crippen LogP contribution is -2.22. The van der Waals surface area contributed by atoms with E-state index in [1.165, 1.54) is 12.1 Å². The highest BCUT2D eigenvalue weighted by Crippen LogP contribution is 2.21. The van der Waals surface area contributed by atoms with Crippen molar-refractivity contribution >= 4 is 33.4 Å². The number of carbonyl (C=O) groups is 1. The molecule has 0 radical (unpaired) electrons. The maximum atomic E-state index is 11.9. The van der Waals surface area contributed by atoms with Crippen LogP contribution in [0.2, 0.25) is 5.02 Å². The number of carbonyl (C=O) groups excluding carboxylic acids is 1. The van der Waals surface area contributed by atoms with Crippen LogP contribution in [-0.2, 0) is 6.54 Å². The van der Waals surface area contributed by atoms with E-state index in [1.54, 1.807) is 6.07 Å². The molecule has 0 bridgehead atoms. The minimum absolute atomic E-state index is 0.126. The lowest BCUT2D eigenvalue weighted by atomic mass is 10.1. The molecule has 0 spiro atoms. The summed E-state index contributed by atoms with van der Waals surface area (Å²) in [5.41, 5.74) is 1.18. The molecular weight excluding hydrogens is 330 g/mol. The quantitative estimate of drug-likeness (QED) is 0.894. The van der Waals surface area contributed by atoms with Crippen molar-refractivity contribution in [3.8, 4) is 5.75 Å². The molecular formula is C14H11BrClNO2. The van der Waals surface area contributed by atoms with E-state index in [4.69, 9.17) is 11.6 Å². The molecule has 0 saturated heterocycles. The highest BCUT2D eigenvalue weighted by molar-refractivity contribution is 9.10. The van der Waals surface area contributed by atoms with Crippen molar-refractivity contribution in [2.45, 2.75) is 6.54 Å². The third kappa shape index (κ3) is 3.72. The Labute approximate surface area is 124 Å². The van der Waals surface area contributed by atoms with Crippen molar-refractivity contribution in [1.29, 1.82) is 0 Å². The first kappa shape index (κ1) is 13.9. The molecule has 0 aromatic heterocycles. The van der Waals surface area contributed by atoms with Crippen molar-refractivity contribution in [2.75, 3.05) is 0 Å². The van der Waals surface area contributed by atoms with Gasteiger partial charge in [0, 0.05) is 16.0 Å².